The summed E-state index contributed by atoms with van der Waals surface area (Å²) < 4.78 is 10.4. The Bertz CT molecular complexity index is 579. The largest absolute Gasteiger partial charge is 0.466 e. The van der Waals surface area contributed by atoms with E-state index in [1.807, 2.05) is 0 Å². The second-order valence-corrected chi connectivity index (χ2v) is 7.43. The lowest BCUT2D eigenvalue weighted by molar-refractivity contribution is -0.160. The minimum atomic E-state index is -0.424. The molecule has 1 aliphatic rings. The number of ether oxygens (including phenoxy) is 2. The Morgan fingerprint density at radius 1 is 1.00 bits per heavy atom. The van der Waals surface area contributed by atoms with Crippen molar-refractivity contribution >= 4 is 11.9 Å². The van der Waals surface area contributed by atoms with Gasteiger partial charge in [-0.15, -0.1) is 0 Å². The van der Waals surface area contributed by atoms with Crippen LogP contribution in [0.5, 0.6) is 0 Å². The molecule has 0 N–H and O–H groups in total. The predicted octanol–water partition coefficient (Wildman–Crippen LogP) is 5.54. The molecule has 1 aliphatic carbocycles. The van der Waals surface area contributed by atoms with E-state index in [1.165, 1.54) is 16.7 Å². The van der Waals surface area contributed by atoms with Crippen LogP contribution < -0.4 is 0 Å². The molecule has 0 saturated heterocycles. The van der Waals surface area contributed by atoms with Crippen molar-refractivity contribution < 1.29 is 19.1 Å². The third-order valence-electron chi connectivity index (χ3n) is 4.86. The molecule has 4 heteroatoms. The van der Waals surface area contributed by atoms with Gasteiger partial charge in [0, 0.05) is 0 Å². The fourth-order valence-corrected chi connectivity index (χ4v) is 3.37. The van der Waals surface area contributed by atoms with E-state index in [1.54, 1.807) is 13.8 Å². The molecule has 0 aromatic heterocycles. The van der Waals surface area contributed by atoms with Gasteiger partial charge in [-0.25, -0.2) is 0 Å². The summed E-state index contributed by atoms with van der Waals surface area (Å²) in [6.07, 6.45) is 11.9. The number of hydrogen-bond donors (Lipinski definition) is 0. The van der Waals surface area contributed by atoms with Crippen molar-refractivity contribution in [3.8, 4) is 0 Å². The highest BCUT2D eigenvalue weighted by atomic mass is 16.5. The van der Waals surface area contributed by atoms with Gasteiger partial charge in [-0.05, 0) is 73.1 Å². The van der Waals surface area contributed by atoms with Gasteiger partial charge in [0.2, 0.25) is 0 Å². The first-order valence-electron chi connectivity index (χ1n) is 10.2. The summed E-state index contributed by atoms with van der Waals surface area (Å²) >= 11 is 0. The van der Waals surface area contributed by atoms with Gasteiger partial charge in [0.15, 0.2) is 0 Å². The van der Waals surface area contributed by atoms with E-state index < -0.39 is 11.8 Å². The standard InChI is InChI=1S/C23H36O4/c1-6-26-22(24)20-15-14-19(16-21(20)23(25)27-7-2)13-9-12-18(5)11-8-10-17(3)4/h10,12,14,20-21H,6-9,11,13,15-16H2,1-5H3. The maximum absolute atomic E-state index is 12.3. The topological polar surface area (TPSA) is 52.6 Å². The second kappa shape index (κ2) is 12.5. The van der Waals surface area contributed by atoms with Gasteiger partial charge in [0.05, 0.1) is 25.0 Å². The van der Waals surface area contributed by atoms with E-state index in [-0.39, 0.29) is 11.9 Å². The van der Waals surface area contributed by atoms with Crippen molar-refractivity contribution in [2.75, 3.05) is 13.2 Å². The molecule has 0 heterocycles. The fourth-order valence-electron chi connectivity index (χ4n) is 3.37. The van der Waals surface area contributed by atoms with Gasteiger partial charge in [-0.1, -0.05) is 34.9 Å². The Kier molecular flexibility index (Phi) is 10.8. The van der Waals surface area contributed by atoms with Gasteiger partial charge >= 0.3 is 11.9 Å². The van der Waals surface area contributed by atoms with Crippen molar-refractivity contribution in [3.63, 3.8) is 0 Å². The van der Waals surface area contributed by atoms with Gasteiger partial charge in [0.25, 0.3) is 0 Å². The molecule has 2 atom stereocenters. The highest BCUT2D eigenvalue weighted by molar-refractivity contribution is 5.83. The van der Waals surface area contributed by atoms with Crippen molar-refractivity contribution in [2.45, 2.75) is 73.1 Å². The third-order valence-corrected chi connectivity index (χ3v) is 4.86. The van der Waals surface area contributed by atoms with Crippen molar-refractivity contribution in [1.29, 1.82) is 0 Å². The summed E-state index contributed by atoms with van der Waals surface area (Å²) in [7, 11) is 0. The Labute approximate surface area is 164 Å². The molecule has 0 fully saturated rings. The monoisotopic (exact) mass is 376 g/mol. The maximum Gasteiger partial charge on any atom is 0.310 e. The first-order valence-corrected chi connectivity index (χ1v) is 10.2. The summed E-state index contributed by atoms with van der Waals surface area (Å²) in [6, 6.07) is 0. The van der Waals surface area contributed by atoms with E-state index in [0.29, 0.717) is 26.1 Å². The molecular weight excluding hydrogens is 340 g/mol. The lowest BCUT2D eigenvalue weighted by atomic mass is 9.78. The van der Waals surface area contributed by atoms with Crippen molar-refractivity contribution in [1.82, 2.24) is 0 Å². The summed E-state index contributed by atoms with van der Waals surface area (Å²) in [6.45, 7) is 10.7. The van der Waals surface area contributed by atoms with Crippen LogP contribution in [-0.2, 0) is 19.1 Å². The van der Waals surface area contributed by atoms with Gasteiger partial charge in [0.1, 0.15) is 0 Å². The van der Waals surface area contributed by atoms with Crippen LogP contribution in [0.25, 0.3) is 0 Å². The lowest BCUT2D eigenvalue weighted by Crippen LogP contribution is -2.34. The molecule has 1 rings (SSSR count). The van der Waals surface area contributed by atoms with Crippen molar-refractivity contribution in [3.05, 3.63) is 34.9 Å². The lowest BCUT2D eigenvalue weighted by Gasteiger charge is -2.28. The van der Waals surface area contributed by atoms with Gasteiger partial charge in [-0.2, -0.15) is 0 Å². The molecular formula is C23H36O4. The zero-order chi connectivity index (χ0) is 20.2. The molecule has 0 aromatic carbocycles. The number of carbonyl (C=O) groups excluding carboxylic acids is 2. The number of allylic oxidation sites excluding steroid dienone is 6. The first-order chi connectivity index (χ1) is 12.9. The number of rotatable bonds is 10. The van der Waals surface area contributed by atoms with E-state index in [4.69, 9.17) is 9.47 Å². The van der Waals surface area contributed by atoms with Gasteiger partial charge in [-0.3, -0.25) is 9.59 Å². The molecule has 0 saturated carbocycles. The van der Waals surface area contributed by atoms with Gasteiger partial charge < -0.3 is 9.47 Å². The molecule has 27 heavy (non-hydrogen) atoms. The second-order valence-electron chi connectivity index (χ2n) is 7.43. The summed E-state index contributed by atoms with van der Waals surface area (Å²) in [5.41, 5.74) is 3.99. The Hall–Kier alpha value is -1.84. The van der Waals surface area contributed by atoms with Crippen LogP contribution in [-0.4, -0.2) is 25.2 Å². The predicted molar refractivity (Wildman–Crippen MR) is 109 cm³/mol. The average Bonchev–Trinajstić information content (AvgIpc) is 2.61. The smallest absolute Gasteiger partial charge is 0.310 e. The Morgan fingerprint density at radius 2 is 1.63 bits per heavy atom. The van der Waals surface area contributed by atoms with Crippen LogP contribution in [0.1, 0.15) is 73.1 Å². The highest BCUT2D eigenvalue weighted by Gasteiger charge is 2.37. The van der Waals surface area contributed by atoms with Crippen LogP contribution in [0.2, 0.25) is 0 Å². The molecule has 4 nitrogen and oxygen atoms in total. The summed E-state index contributed by atoms with van der Waals surface area (Å²) in [5.74, 6) is -1.42. The molecule has 0 aromatic rings. The van der Waals surface area contributed by atoms with E-state index >= 15 is 0 Å². The van der Waals surface area contributed by atoms with Crippen LogP contribution in [0.15, 0.2) is 34.9 Å². The Balaban J connectivity index is 2.65. The zero-order valence-electron chi connectivity index (χ0n) is 17.7. The van der Waals surface area contributed by atoms with E-state index in [9.17, 15) is 9.59 Å². The minimum Gasteiger partial charge on any atom is -0.466 e. The first kappa shape index (κ1) is 23.2. The summed E-state index contributed by atoms with van der Waals surface area (Å²) in [4.78, 5) is 24.5. The molecule has 0 bridgehead atoms. The van der Waals surface area contributed by atoms with E-state index in [0.717, 1.165) is 25.7 Å². The zero-order valence-corrected chi connectivity index (χ0v) is 17.7. The summed E-state index contributed by atoms with van der Waals surface area (Å²) in [5, 5.41) is 0. The Morgan fingerprint density at radius 3 is 2.22 bits per heavy atom. The average molecular weight is 377 g/mol. The molecule has 0 spiro atoms. The fraction of sp³-hybridized carbons (Fsp3) is 0.652. The SMILES string of the molecule is CCOC(=O)C1CC=C(CCC=C(C)CCC=C(C)C)CC1C(=O)OCC. The molecule has 152 valence electrons. The van der Waals surface area contributed by atoms with Crippen LogP contribution >= 0.6 is 0 Å². The number of esters is 2. The van der Waals surface area contributed by atoms with Crippen molar-refractivity contribution in [2.24, 2.45) is 11.8 Å². The van der Waals surface area contributed by atoms with Crippen LogP contribution in [0.4, 0.5) is 0 Å². The van der Waals surface area contributed by atoms with Crippen LogP contribution in [0.3, 0.4) is 0 Å². The molecule has 0 amide bonds. The number of carbonyl (C=O) groups is 2. The third kappa shape index (κ3) is 8.59. The normalized spacial score (nSPS) is 19.9. The number of hydrogen-bond acceptors (Lipinski definition) is 4. The molecule has 0 radical (unpaired) electrons. The quantitative estimate of drug-likeness (QED) is 0.371. The van der Waals surface area contributed by atoms with Crippen LogP contribution in [0, 0.1) is 11.8 Å². The van der Waals surface area contributed by atoms with E-state index in [2.05, 4.69) is 39.0 Å². The maximum atomic E-state index is 12.3. The molecule has 2 unspecified atom stereocenters. The minimum absolute atomic E-state index is 0.283. The highest BCUT2D eigenvalue weighted by Crippen LogP contribution is 2.34. The molecule has 0 aliphatic heterocycles.